The standard InChI is InChI=1S/C26H21N3O5S/c1-35(32,33)34-26(31)22-15-12-16-6-2-3-7-19(16)23(22)20-8-4-5-9-21(20)25(30)29-18-13-10-17(11-14-18)24(27)28/h2-15H,1H3,(H3,27,28)(H,29,30). The molecule has 0 unspecified atom stereocenters. The van der Waals surface area contributed by atoms with Gasteiger partial charge in [-0.25, -0.2) is 4.79 Å². The Labute approximate surface area is 202 Å². The van der Waals surface area contributed by atoms with Crippen molar-refractivity contribution >= 4 is 44.3 Å². The van der Waals surface area contributed by atoms with Crippen LogP contribution in [-0.2, 0) is 14.3 Å². The van der Waals surface area contributed by atoms with E-state index in [4.69, 9.17) is 11.1 Å². The van der Waals surface area contributed by atoms with E-state index < -0.39 is 22.0 Å². The van der Waals surface area contributed by atoms with Crippen LogP contribution in [0.1, 0.15) is 26.3 Å². The number of anilines is 1. The molecule has 0 aliphatic carbocycles. The lowest BCUT2D eigenvalue weighted by atomic mass is 9.90. The Balaban J connectivity index is 1.83. The van der Waals surface area contributed by atoms with E-state index in [1.807, 2.05) is 12.1 Å². The average molecular weight is 488 g/mol. The Kier molecular flexibility index (Phi) is 6.35. The fourth-order valence-electron chi connectivity index (χ4n) is 3.74. The van der Waals surface area contributed by atoms with Crippen LogP contribution in [-0.4, -0.2) is 32.4 Å². The second-order valence-electron chi connectivity index (χ2n) is 7.77. The zero-order valence-corrected chi connectivity index (χ0v) is 19.4. The molecule has 0 radical (unpaired) electrons. The summed E-state index contributed by atoms with van der Waals surface area (Å²) in [5.41, 5.74) is 7.60. The van der Waals surface area contributed by atoms with Crippen LogP contribution in [0, 0.1) is 5.41 Å². The van der Waals surface area contributed by atoms with E-state index in [-0.39, 0.29) is 17.0 Å². The van der Waals surface area contributed by atoms with Gasteiger partial charge in [0.15, 0.2) is 0 Å². The monoisotopic (exact) mass is 487 g/mol. The summed E-state index contributed by atoms with van der Waals surface area (Å²) in [6, 6.07) is 23.7. The molecule has 0 heterocycles. The van der Waals surface area contributed by atoms with Crippen LogP contribution < -0.4 is 11.1 Å². The zero-order chi connectivity index (χ0) is 25.2. The highest BCUT2D eigenvalue weighted by molar-refractivity contribution is 7.86. The minimum atomic E-state index is -4.05. The minimum Gasteiger partial charge on any atom is -0.384 e. The van der Waals surface area contributed by atoms with Crippen LogP contribution >= 0.6 is 0 Å². The van der Waals surface area contributed by atoms with Crippen LogP contribution in [0.5, 0.6) is 0 Å². The van der Waals surface area contributed by atoms with Gasteiger partial charge in [-0.05, 0) is 52.7 Å². The number of carbonyl (C=O) groups is 2. The zero-order valence-electron chi connectivity index (χ0n) is 18.6. The number of fused-ring (bicyclic) bond motifs is 1. The maximum absolute atomic E-state index is 13.3. The summed E-state index contributed by atoms with van der Waals surface area (Å²) >= 11 is 0. The topological polar surface area (TPSA) is 139 Å². The van der Waals surface area contributed by atoms with E-state index in [0.717, 1.165) is 11.6 Å². The molecule has 0 saturated carbocycles. The van der Waals surface area contributed by atoms with E-state index in [9.17, 15) is 18.0 Å². The lowest BCUT2D eigenvalue weighted by Gasteiger charge is -2.16. The summed E-state index contributed by atoms with van der Waals surface area (Å²) in [5, 5.41) is 11.8. The molecule has 8 nitrogen and oxygen atoms in total. The fraction of sp³-hybridized carbons (Fsp3) is 0.0385. The molecule has 0 aliphatic rings. The predicted octanol–water partition coefficient (Wildman–Crippen LogP) is 4.16. The first-order valence-corrected chi connectivity index (χ1v) is 12.3. The van der Waals surface area contributed by atoms with Crippen molar-refractivity contribution in [3.8, 4) is 11.1 Å². The van der Waals surface area contributed by atoms with E-state index in [1.54, 1.807) is 66.7 Å². The number of hydrogen-bond donors (Lipinski definition) is 3. The van der Waals surface area contributed by atoms with Gasteiger partial charge in [-0.3, -0.25) is 10.2 Å². The molecule has 35 heavy (non-hydrogen) atoms. The van der Waals surface area contributed by atoms with Crippen molar-refractivity contribution in [2.75, 3.05) is 11.6 Å². The number of nitrogens with two attached hydrogens (primary N) is 1. The summed E-state index contributed by atoms with van der Waals surface area (Å²) in [5.74, 6) is -1.56. The van der Waals surface area contributed by atoms with Crippen LogP contribution in [0.2, 0.25) is 0 Å². The molecule has 0 bridgehead atoms. The number of nitrogens with one attached hydrogen (secondary N) is 2. The summed E-state index contributed by atoms with van der Waals surface area (Å²) in [6.45, 7) is 0. The highest BCUT2D eigenvalue weighted by Gasteiger charge is 2.23. The quantitative estimate of drug-likeness (QED) is 0.212. The largest absolute Gasteiger partial charge is 0.384 e. The Hall–Kier alpha value is -4.50. The van der Waals surface area contributed by atoms with Gasteiger partial charge in [0, 0.05) is 22.4 Å². The average Bonchev–Trinajstić information content (AvgIpc) is 2.82. The summed E-state index contributed by atoms with van der Waals surface area (Å²) < 4.78 is 28.0. The molecular formula is C26H21N3O5S. The molecule has 1 amide bonds. The molecule has 4 rings (SSSR count). The second kappa shape index (κ2) is 9.40. The number of benzene rings is 4. The molecular weight excluding hydrogens is 466 g/mol. The lowest BCUT2D eigenvalue weighted by Crippen LogP contribution is -2.16. The van der Waals surface area contributed by atoms with Crippen molar-refractivity contribution in [1.29, 1.82) is 5.41 Å². The van der Waals surface area contributed by atoms with E-state index in [2.05, 4.69) is 9.50 Å². The highest BCUT2D eigenvalue weighted by atomic mass is 32.2. The van der Waals surface area contributed by atoms with Crippen LogP contribution in [0.25, 0.3) is 21.9 Å². The molecule has 176 valence electrons. The summed E-state index contributed by atoms with van der Waals surface area (Å²) in [4.78, 5) is 26.1. The van der Waals surface area contributed by atoms with Crippen molar-refractivity contribution in [2.24, 2.45) is 5.73 Å². The van der Waals surface area contributed by atoms with Gasteiger partial charge in [-0.1, -0.05) is 48.5 Å². The van der Waals surface area contributed by atoms with Gasteiger partial charge in [0.2, 0.25) is 0 Å². The molecule has 0 atom stereocenters. The fourth-order valence-corrected chi connectivity index (χ4v) is 4.11. The maximum atomic E-state index is 13.3. The normalized spacial score (nSPS) is 11.1. The number of rotatable bonds is 6. The van der Waals surface area contributed by atoms with E-state index >= 15 is 0 Å². The lowest BCUT2D eigenvalue weighted by molar-refractivity contribution is 0.0749. The molecule has 0 aliphatic heterocycles. The van der Waals surface area contributed by atoms with Crippen molar-refractivity contribution in [3.63, 3.8) is 0 Å². The minimum absolute atomic E-state index is 0.0141. The third kappa shape index (κ3) is 5.20. The van der Waals surface area contributed by atoms with Crippen molar-refractivity contribution in [2.45, 2.75) is 0 Å². The second-order valence-corrected chi connectivity index (χ2v) is 9.35. The molecule has 0 fully saturated rings. The van der Waals surface area contributed by atoms with Gasteiger partial charge in [0.25, 0.3) is 5.91 Å². The Morgan fingerprint density at radius 1 is 0.857 bits per heavy atom. The van der Waals surface area contributed by atoms with Gasteiger partial charge >= 0.3 is 16.1 Å². The first kappa shape index (κ1) is 23.7. The Morgan fingerprint density at radius 2 is 1.51 bits per heavy atom. The Morgan fingerprint density at radius 3 is 2.20 bits per heavy atom. The molecule has 9 heteroatoms. The SMILES string of the molecule is CS(=O)(=O)OC(=O)c1ccc2ccccc2c1-c1ccccc1C(=O)Nc1ccc(C(=N)N)cc1. The van der Waals surface area contributed by atoms with Gasteiger partial charge in [0.05, 0.1) is 11.8 Å². The number of amides is 1. The smallest absolute Gasteiger partial charge is 0.354 e. The predicted molar refractivity (Wildman–Crippen MR) is 135 cm³/mol. The third-order valence-electron chi connectivity index (χ3n) is 5.27. The van der Waals surface area contributed by atoms with Crippen molar-refractivity contribution in [1.82, 2.24) is 0 Å². The number of nitrogen functional groups attached to an aromatic ring is 1. The Bertz CT molecular complexity index is 1580. The number of carbonyl (C=O) groups excluding carboxylic acids is 2. The summed E-state index contributed by atoms with van der Waals surface area (Å²) in [6.07, 6.45) is 0.796. The van der Waals surface area contributed by atoms with Crippen LogP contribution in [0.15, 0.2) is 84.9 Å². The number of hydrogen-bond acceptors (Lipinski definition) is 6. The van der Waals surface area contributed by atoms with Crippen molar-refractivity contribution in [3.05, 3.63) is 102 Å². The molecule has 4 aromatic carbocycles. The molecule has 4 N–H and O–H groups in total. The summed E-state index contributed by atoms with van der Waals surface area (Å²) in [7, 11) is -4.05. The number of amidine groups is 1. The van der Waals surface area contributed by atoms with E-state index in [1.165, 1.54) is 6.07 Å². The van der Waals surface area contributed by atoms with Crippen LogP contribution in [0.3, 0.4) is 0 Å². The van der Waals surface area contributed by atoms with Gasteiger partial charge < -0.3 is 15.2 Å². The third-order valence-corrected chi connectivity index (χ3v) is 5.72. The van der Waals surface area contributed by atoms with Crippen LogP contribution in [0.4, 0.5) is 5.69 Å². The molecule has 4 aromatic rings. The highest BCUT2D eigenvalue weighted by Crippen LogP contribution is 2.35. The molecule has 0 aromatic heterocycles. The van der Waals surface area contributed by atoms with Gasteiger partial charge in [-0.2, -0.15) is 8.42 Å². The molecule has 0 saturated heterocycles. The first-order valence-electron chi connectivity index (χ1n) is 10.4. The van der Waals surface area contributed by atoms with Crippen molar-refractivity contribution < 1.29 is 22.2 Å². The first-order chi connectivity index (χ1) is 16.6. The maximum Gasteiger partial charge on any atom is 0.354 e. The van der Waals surface area contributed by atoms with Gasteiger partial charge in [-0.15, -0.1) is 0 Å². The van der Waals surface area contributed by atoms with Gasteiger partial charge in [0.1, 0.15) is 5.84 Å². The van der Waals surface area contributed by atoms with E-state index in [0.29, 0.717) is 27.8 Å². The molecule has 0 spiro atoms.